The predicted octanol–water partition coefficient (Wildman–Crippen LogP) is 4.81. The lowest BCUT2D eigenvalue weighted by molar-refractivity contribution is -0.116. The average molecular weight is 473 g/mol. The number of nitrogens with one attached hydrogen (secondary N) is 1. The molecule has 1 fully saturated rings. The van der Waals surface area contributed by atoms with Gasteiger partial charge in [0.25, 0.3) is 5.91 Å². The van der Waals surface area contributed by atoms with Crippen LogP contribution in [0.5, 0.6) is 5.88 Å². The van der Waals surface area contributed by atoms with Crippen LogP contribution >= 0.6 is 11.6 Å². The van der Waals surface area contributed by atoms with Crippen LogP contribution in [0.3, 0.4) is 0 Å². The molecule has 1 atom stereocenters. The van der Waals surface area contributed by atoms with Crippen molar-refractivity contribution in [3.8, 4) is 17.1 Å². The van der Waals surface area contributed by atoms with E-state index in [1.807, 2.05) is 20.8 Å². The van der Waals surface area contributed by atoms with Crippen molar-refractivity contribution in [2.75, 3.05) is 7.11 Å². The van der Waals surface area contributed by atoms with E-state index in [0.29, 0.717) is 34.3 Å². The Labute approximate surface area is 194 Å². The highest BCUT2D eigenvalue weighted by Crippen LogP contribution is 2.39. The molecule has 1 saturated heterocycles. The summed E-state index contributed by atoms with van der Waals surface area (Å²) in [4.78, 5) is 27.9. The molecule has 2 amide bonds. The minimum atomic E-state index is -0.823. The van der Waals surface area contributed by atoms with Crippen LogP contribution in [0.4, 0.5) is 9.18 Å². The van der Waals surface area contributed by atoms with Crippen molar-refractivity contribution in [1.82, 2.24) is 20.1 Å². The number of allylic oxidation sites excluding steroid dienone is 1. The summed E-state index contributed by atoms with van der Waals surface area (Å²) in [6.45, 7) is 6.38. The van der Waals surface area contributed by atoms with Crippen LogP contribution in [0.15, 0.2) is 36.2 Å². The number of carbonyl (C=O) groups is 2. The molecule has 2 aromatic heterocycles. The largest absolute Gasteiger partial charge is 0.481 e. The van der Waals surface area contributed by atoms with Gasteiger partial charge in [-0.05, 0) is 37.1 Å². The highest BCUT2D eigenvalue weighted by atomic mass is 35.5. The zero-order chi connectivity index (χ0) is 23.9. The number of hydrogen-bond acceptors (Lipinski definition) is 6. The molecule has 1 aliphatic heterocycles. The number of hydrogen-bond donors (Lipinski definition) is 1. The summed E-state index contributed by atoms with van der Waals surface area (Å²) < 4.78 is 26.9. The van der Waals surface area contributed by atoms with Crippen LogP contribution in [-0.4, -0.2) is 33.9 Å². The second-order valence-electron chi connectivity index (χ2n) is 7.91. The Bertz CT molecular complexity index is 1300. The molecule has 1 aliphatic rings. The lowest BCUT2D eigenvalue weighted by atomic mass is 9.88. The molecule has 3 aromatic rings. The fraction of sp³-hybridized carbons (Fsp3) is 0.304. The quantitative estimate of drug-likeness (QED) is 0.517. The lowest BCUT2D eigenvalue weighted by Gasteiger charge is -2.21. The number of aromatic nitrogens is 3. The van der Waals surface area contributed by atoms with Gasteiger partial charge in [-0.2, -0.15) is 5.10 Å². The molecule has 33 heavy (non-hydrogen) atoms. The van der Waals surface area contributed by atoms with Crippen molar-refractivity contribution in [2.24, 2.45) is 5.92 Å². The first-order valence-corrected chi connectivity index (χ1v) is 10.8. The maximum absolute atomic E-state index is 14.8. The molecule has 3 heterocycles. The van der Waals surface area contributed by atoms with Crippen molar-refractivity contribution in [2.45, 2.75) is 33.2 Å². The van der Waals surface area contributed by atoms with Crippen molar-refractivity contribution in [3.05, 3.63) is 52.6 Å². The third-order valence-corrected chi connectivity index (χ3v) is 5.79. The molecule has 0 radical (unpaired) electrons. The molecule has 10 heteroatoms. The molecule has 0 bridgehead atoms. The Hall–Kier alpha value is -3.46. The van der Waals surface area contributed by atoms with E-state index in [2.05, 4.69) is 15.4 Å². The van der Waals surface area contributed by atoms with Crippen LogP contribution in [0.25, 0.3) is 22.2 Å². The number of ether oxygens (including phenoxy) is 2. The smallest absolute Gasteiger partial charge is 0.419 e. The van der Waals surface area contributed by atoms with Crippen LogP contribution in [0, 0.1) is 11.7 Å². The zero-order valence-electron chi connectivity index (χ0n) is 18.5. The standard InChI is InChI=1S/C23H22ClFN4O4/c1-5-29-18-7-12(6-17(25)15(18)10-26-29)20-16(24)8-14(22(27-20)32-4)13(11(2)3)9-19-21(30)28-23(31)33-19/h6-11,13H,5H2,1-4H3,(H,28,30,31). The van der Waals surface area contributed by atoms with Crippen molar-refractivity contribution in [1.29, 1.82) is 0 Å². The highest BCUT2D eigenvalue weighted by Gasteiger charge is 2.30. The molecule has 172 valence electrons. The molecule has 1 aromatic carbocycles. The number of cyclic esters (lactones) is 1. The average Bonchev–Trinajstić information content (AvgIpc) is 3.33. The van der Waals surface area contributed by atoms with Gasteiger partial charge in [-0.15, -0.1) is 0 Å². The number of pyridine rings is 1. The summed E-state index contributed by atoms with van der Waals surface area (Å²) in [5.74, 6) is -1.29. The summed E-state index contributed by atoms with van der Waals surface area (Å²) in [6, 6.07) is 4.83. The van der Waals surface area contributed by atoms with E-state index in [1.54, 1.807) is 22.9 Å². The first kappa shape index (κ1) is 22.7. The number of nitrogens with zero attached hydrogens (tertiary/aromatic N) is 3. The van der Waals surface area contributed by atoms with Gasteiger partial charge in [0.15, 0.2) is 5.76 Å². The molecule has 8 nitrogen and oxygen atoms in total. The van der Waals surface area contributed by atoms with E-state index < -0.39 is 23.7 Å². The summed E-state index contributed by atoms with van der Waals surface area (Å²) in [6.07, 6.45) is 2.21. The number of aryl methyl sites for hydroxylation is 1. The van der Waals surface area contributed by atoms with Crippen LogP contribution < -0.4 is 10.1 Å². The van der Waals surface area contributed by atoms with E-state index in [4.69, 9.17) is 21.1 Å². The number of halogens is 2. The predicted molar refractivity (Wildman–Crippen MR) is 120 cm³/mol. The Kier molecular flexibility index (Phi) is 6.07. The third-order valence-electron chi connectivity index (χ3n) is 5.50. The van der Waals surface area contributed by atoms with Crippen molar-refractivity contribution >= 4 is 34.5 Å². The topological polar surface area (TPSA) is 95.3 Å². The van der Waals surface area contributed by atoms with Crippen molar-refractivity contribution < 1.29 is 23.5 Å². The zero-order valence-corrected chi connectivity index (χ0v) is 19.2. The van der Waals surface area contributed by atoms with Gasteiger partial charge in [0.1, 0.15) is 5.82 Å². The first-order valence-electron chi connectivity index (χ1n) is 10.4. The number of methoxy groups -OCH3 is 1. The molecule has 0 spiro atoms. The molecular weight excluding hydrogens is 451 g/mol. The maximum Gasteiger partial charge on any atom is 0.419 e. The van der Waals surface area contributed by atoms with E-state index >= 15 is 0 Å². The Morgan fingerprint density at radius 2 is 2.06 bits per heavy atom. The molecule has 0 saturated carbocycles. The Balaban J connectivity index is 1.83. The second kappa shape index (κ2) is 8.82. The van der Waals surface area contributed by atoms with E-state index in [1.165, 1.54) is 19.4 Å². The van der Waals surface area contributed by atoms with Gasteiger partial charge in [-0.3, -0.25) is 14.8 Å². The number of amides is 2. The molecule has 1 N–H and O–H groups in total. The number of alkyl carbamates (subject to hydrolysis) is 1. The second-order valence-corrected chi connectivity index (χ2v) is 8.32. The number of rotatable bonds is 6. The summed E-state index contributed by atoms with van der Waals surface area (Å²) >= 11 is 6.61. The van der Waals surface area contributed by atoms with Gasteiger partial charge < -0.3 is 9.47 Å². The Morgan fingerprint density at radius 1 is 1.30 bits per heavy atom. The summed E-state index contributed by atoms with van der Waals surface area (Å²) in [5.41, 5.74) is 2.06. The number of carbonyl (C=O) groups excluding carboxylic acids is 2. The van der Waals surface area contributed by atoms with Gasteiger partial charge in [0.05, 0.1) is 34.9 Å². The Morgan fingerprint density at radius 3 is 2.67 bits per heavy atom. The van der Waals surface area contributed by atoms with E-state index in [0.717, 1.165) is 0 Å². The monoisotopic (exact) mass is 472 g/mol. The van der Waals surface area contributed by atoms with E-state index in [9.17, 15) is 14.0 Å². The normalized spacial score (nSPS) is 15.9. The van der Waals surface area contributed by atoms with Gasteiger partial charge in [-0.1, -0.05) is 25.4 Å². The van der Waals surface area contributed by atoms with Crippen LogP contribution in [0.2, 0.25) is 5.02 Å². The number of benzene rings is 1. The minimum absolute atomic E-state index is 0.0186. The number of imide groups is 1. The molecule has 4 rings (SSSR count). The lowest BCUT2D eigenvalue weighted by Crippen LogP contribution is -2.19. The van der Waals surface area contributed by atoms with Crippen molar-refractivity contribution in [3.63, 3.8) is 0 Å². The van der Waals surface area contributed by atoms with Gasteiger partial charge in [-0.25, -0.2) is 14.2 Å². The molecule has 1 unspecified atom stereocenters. The summed E-state index contributed by atoms with van der Waals surface area (Å²) in [5, 5.41) is 6.98. The van der Waals surface area contributed by atoms with Gasteiger partial charge in [0.2, 0.25) is 5.88 Å². The van der Waals surface area contributed by atoms with Gasteiger partial charge >= 0.3 is 6.09 Å². The van der Waals surface area contributed by atoms with Crippen LogP contribution in [0.1, 0.15) is 32.3 Å². The number of fused-ring (bicyclic) bond motifs is 1. The van der Waals surface area contributed by atoms with E-state index in [-0.39, 0.29) is 22.6 Å². The molecular formula is C23H22ClFN4O4. The maximum atomic E-state index is 14.8. The third kappa shape index (κ3) is 4.16. The fourth-order valence-corrected chi connectivity index (χ4v) is 4.12. The molecule has 0 aliphatic carbocycles. The fourth-order valence-electron chi connectivity index (χ4n) is 3.85. The highest BCUT2D eigenvalue weighted by molar-refractivity contribution is 6.33. The summed E-state index contributed by atoms with van der Waals surface area (Å²) in [7, 11) is 1.46. The minimum Gasteiger partial charge on any atom is -0.481 e. The van der Waals surface area contributed by atoms with Gasteiger partial charge in [0, 0.05) is 23.6 Å². The first-order chi connectivity index (χ1) is 15.7. The SMILES string of the molecule is CCn1ncc2c(F)cc(-c3nc(OC)c(C(C=C4OC(=O)NC4=O)C(C)C)cc3Cl)cc21. The van der Waals surface area contributed by atoms with Crippen LogP contribution in [-0.2, 0) is 16.1 Å².